The van der Waals surface area contributed by atoms with Gasteiger partial charge in [0.2, 0.25) is 11.5 Å². The fourth-order valence-corrected chi connectivity index (χ4v) is 3.88. The van der Waals surface area contributed by atoms with Crippen LogP contribution < -0.4 is 19.5 Å². The van der Waals surface area contributed by atoms with Crippen molar-refractivity contribution in [2.45, 2.75) is 38.6 Å². The molecular weight excluding hydrogens is 388 g/mol. The summed E-state index contributed by atoms with van der Waals surface area (Å²) in [7, 11) is 4.02. The van der Waals surface area contributed by atoms with Gasteiger partial charge in [0.1, 0.15) is 5.56 Å². The number of aryl methyl sites for hydroxylation is 2. The fourth-order valence-electron chi connectivity index (χ4n) is 3.88. The lowest BCUT2D eigenvalue weighted by molar-refractivity contribution is -0.386. The van der Waals surface area contributed by atoms with Gasteiger partial charge in [-0.15, -0.1) is 0 Å². The molecule has 3 rings (SSSR count). The van der Waals surface area contributed by atoms with Crippen LogP contribution in [0.15, 0.2) is 24.3 Å². The van der Waals surface area contributed by atoms with Gasteiger partial charge in [0.25, 0.3) is 5.91 Å². The highest BCUT2D eigenvalue weighted by Crippen LogP contribution is 2.46. The molecule has 2 aromatic rings. The zero-order valence-electron chi connectivity index (χ0n) is 17.6. The number of benzene rings is 2. The van der Waals surface area contributed by atoms with Gasteiger partial charge < -0.3 is 19.5 Å². The van der Waals surface area contributed by atoms with Crippen LogP contribution in [0.2, 0.25) is 0 Å². The van der Waals surface area contributed by atoms with Crippen LogP contribution in [0.4, 0.5) is 5.69 Å². The topological polar surface area (TPSA) is 99.9 Å². The largest absolute Gasteiger partial charge is 0.493 e. The quantitative estimate of drug-likeness (QED) is 0.543. The molecule has 8 heteroatoms. The van der Waals surface area contributed by atoms with E-state index in [4.69, 9.17) is 14.2 Å². The third-order valence-corrected chi connectivity index (χ3v) is 5.45. The highest BCUT2D eigenvalue weighted by Gasteiger charge is 2.33. The molecule has 2 aromatic carbocycles. The molecule has 0 fully saturated rings. The van der Waals surface area contributed by atoms with E-state index in [0.29, 0.717) is 0 Å². The normalized spacial score (nSPS) is 13.7. The van der Waals surface area contributed by atoms with Crippen molar-refractivity contribution in [2.24, 2.45) is 0 Å². The Morgan fingerprint density at radius 2 is 1.70 bits per heavy atom. The summed E-state index contributed by atoms with van der Waals surface area (Å²) in [5.74, 6) is -0.517. The van der Waals surface area contributed by atoms with E-state index in [1.807, 2.05) is 13.0 Å². The van der Waals surface area contributed by atoms with Gasteiger partial charge in [0.05, 0.1) is 32.3 Å². The number of hydrogen-bond donors (Lipinski definition) is 1. The summed E-state index contributed by atoms with van der Waals surface area (Å²) in [6, 6.07) is 7.19. The Morgan fingerprint density at radius 1 is 1.03 bits per heavy atom. The summed E-state index contributed by atoms with van der Waals surface area (Å²) in [5.41, 5.74) is 2.99. The molecule has 0 spiro atoms. The summed E-state index contributed by atoms with van der Waals surface area (Å²) in [4.78, 5) is 24.1. The predicted molar refractivity (Wildman–Crippen MR) is 112 cm³/mol. The molecule has 8 nitrogen and oxygen atoms in total. The van der Waals surface area contributed by atoms with Crippen molar-refractivity contribution in [3.63, 3.8) is 0 Å². The van der Waals surface area contributed by atoms with Gasteiger partial charge in [0, 0.05) is 6.07 Å². The van der Waals surface area contributed by atoms with Crippen molar-refractivity contribution in [3.05, 3.63) is 56.6 Å². The number of methoxy groups -OCH3 is 3. The predicted octanol–water partition coefficient (Wildman–Crippen LogP) is 3.99. The number of rotatable bonds is 7. The monoisotopic (exact) mass is 414 g/mol. The Balaban J connectivity index is 1.95. The number of amides is 1. The standard InChI is InChI=1S/C22H26N2O6/c1-13(15-10-9-14-7-5-6-8-16(14)11-15)23-22(25)17-12-18(28-2)20(29-3)21(30-4)19(17)24(26)27/h9-13H,5-8H2,1-4H3,(H,23,25). The molecule has 0 aliphatic heterocycles. The maximum absolute atomic E-state index is 13.0. The Bertz CT molecular complexity index is 973. The first-order valence-electron chi connectivity index (χ1n) is 9.81. The van der Waals surface area contributed by atoms with Crippen LogP contribution in [0.1, 0.15) is 52.9 Å². The number of nitro groups is 1. The van der Waals surface area contributed by atoms with Gasteiger partial charge in [0.15, 0.2) is 5.75 Å². The van der Waals surface area contributed by atoms with Crippen molar-refractivity contribution in [2.75, 3.05) is 21.3 Å². The van der Waals surface area contributed by atoms with Crippen LogP contribution in [0.3, 0.4) is 0 Å². The average molecular weight is 414 g/mol. The molecule has 0 saturated heterocycles. The van der Waals surface area contributed by atoms with Gasteiger partial charge in [-0.3, -0.25) is 14.9 Å². The smallest absolute Gasteiger partial charge is 0.327 e. The van der Waals surface area contributed by atoms with Crippen LogP contribution in [0, 0.1) is 10.1 Å². The first kappa shape index (κ1) is 21.4. The number of hydrogen-bond acceptors (Lipinski definition) is 6. The molecule has 1 aliphatic carbocycles. The number of carbonyl (C=O) groups is 1. The average Bonchev–Trinajstić information content (AvgIpc) is 2.76. The molecule has 1 unspecified atom stereocenters. The Morgan fingerprint density at radius 3 is 2.30 bits per heavy atom. The maximum atomic E-state index is 13.0. The third-order valence-electron chi connectivity index (χ3n) is 5.45. The summed E-state index contributed by atoms with van der Waals surface area (Å²) in [5, 5.41) is 14.6. The lowest BCUT2D eigenvalue weighted by atomic mass is 9.89. The molecule has 0 bridgehead atoms. The van der Waals surface area contributed by atoms with E-state index in [2.05, 4.69) is 17.4 Å². The maximum Gasteiger partial charge on any atom is 0.327 e. The first-order valence-corrected chi connectivity index (χ1v) is 9.81. The van der Waals surface area contributed by atoms with E-state index in [9.17, 15) is 14.9 Å². The van der Waals surface area contributed by atoms with E-state index >= 15 is 0 Å². The minimum absolute atomic E-state index is 0.0611. The van der Waals surface area contributed by atoms with Gasteiger partial charge in [-0.25, -0.2) is 0 Å². The van der Waals surface area contributed by atoms with Crippen LogP contribution in [0.25, 0.3) is 0 Å². The second kappa shape index (κ2) is 9.02. The van der Waals surface area contributed by atoms with Gasteiger partial charge >= 0.3 is 5.69 Å². The van der Waals surface area contributed by atoms with Crippen LogP contribution in [-0.2, 0) is 12.8 Å². The van der Waals surface area contributed by atoms with Crippen LogP contribution >= 0.6 is 0 Å². The van der Waals surface area contributed by atoms with E-state index in [1.165, 1.54) is 44.9 Å². The fraction of sp³-hybridized carbons (Fsp3) is 0.409. The molecule has 1 aliphatic rings. The number of nitrogens with zero attached hydrogens (tertiary/aromatic N) is 1. The van der Waals surface area contributed by atoms with Gasteiger partial charge in [-0.2, -0.15) is 0 Å². The molecule has 1 atom stereocenters. The first-order chi connectivity index (χ1) is 14.4. The molecule has 30 heavy (non-hydrogen) atoms. The molecule has 0 radical (unpaired) electrons. The Hall–Kier alpha value is -3.29. The van der Waals surface area contributed by atoms with Crippen molar-refractivity contribution in [3.8, 4) is 17.2 Å². The van der Waals surface area contributed by atoms with Gasteiger partial charge in [-0.05, 0) is 49.3 Å². The van der Waals surface area contributed by atoms with Crippen LogP contribution in [0.5, 0.6) is 17.2 Å². The lowest BCUT2D eigenvalue weighted by Gasteiger charge is -2.20. The number of carbonyl (C=O) groups excluding carboxylic acids is 1. The minimum Gasteiger partial charge on any atom is -0.493 e. The van der Waals surface area contributed by atoms with Crippen LogP contribution in [-0.4, -0.2) is 32.2 Å². The molecule has 0 heterocycles. The second-order valence-corrected chi connectivity index (χ2v) is 7.23. The zero-order valence-corrected chi connectivity index (χ0v) is 17.6. The highest BCUT2D eigenvalue weighted by molar-refractivity contribution is 6.00. The van der Waals surface area contributed by atoms with Crippen molar-refractivity contribution in [1.29, 1.82) is 0 Å². The number of nitro benzene ring substituents is 1. The Labute approximate surface area is 175 Å². The number of nitrogens with one attached hydrogen (secondary N) is 1. The third kappa shape index (κ3) is 4.03. The SMILES string of the molecule is COc1cc(C(=O)NC(C)c2ccc3c(c2)CCCC3)c([N+](=O)[O-])c(OC)c1OC. The number of fused-ring (bicyclic) bond motifs is 1. The molecular formula is C22H26N2O6. The van der Waals surface area contributed by atoms with Crippen molar-refractivity contribution < 1.29 is 23.9 Å². The minimum atomic E-state index is -0.654. The summed E-state index contributed by atoms with van der Waals surface area (Å²) in [6.07, 6.45) is 4.47. The van der Waals surface area contributed by atoms with Gasteiger partial charge in [-0.1, -0.05) is 18.2 Å². The molecule has 1 amide bonds. The van der Waals surface area contributed by atoms with E-state index in [1.54, 1.807) is 0 Å². The summed E-state index contributed by atoms with van der Waals surface area (Å²) in [6.45, 7) is 1.85. The number of ether oxygens (including phenoxy) is 3. The van der Waals surface area contributed by atoms with Crippen molar-refractivity contribution >= 4 is 11.6 Å². The van der Waals surface area contributed by atoms with E-state index in [0.717, 1.165) is 24.8 Å². The molecule has 1 N–H and O–H groups in total. The molecule has 160 valence electrons. The second-order valence-electron chi connectivity index (χ2n) is 7.23. The summed E-state index contributed by atoms with van der Waals surface area (Å²) < 4.78 is 15.6. The Kier molecular flexibility index (Phi) is 6.44. The summed E-state index contributed by atoms with van der Waals surface area (Å²) >= 11 is 0. The lowest BCUT2D eigenvalue weighted by Crippen LogP contribution is -2.27. The van der Waals surface area contributed by atoms with E-state index < -0.39 is 16.5 Å². The zero-order chi connectivity index (χ0) is 21.8. The molecule has 0 aromatic heterocycles. The molecule has 0 saturated carbocycles. The highest BCUT2D eigenvalue weighted by atomic mass is 16.6. The van der Waals surface area contributed by atoms with E-state index in [-0.39, 0.29) is 28.9 Å². The van der Waals surface area contributed by atoms with Crippen molar-refractivity contribution in [1.82, 2.24) is 5.32 Å².